The molecule has 0 radical (unpaired) electrons. The largest absolute Gasteiger partial charge is 4.00 e. The summed E-state index contributed by atoms with van der Waals surface area (Å²) in [5.74, 6) is 0.588. The molecule has 5 aliphatic rings. The fourth-order valence-corrected chi connectivity index (χ4v) is 10.7. The summed E-state index contributed by atoms with van der Waals surface area (Å²) in [4.78, 5) is 6.95. The molecule has 11 rings (SSSR count). The molecule has 64 heavy (non-hydrogen) atoms. The summed E-state index contributed by atoms with van der Waals surface area (Å²) < 4.78 is 0. The van der Waals surface area contributed by atoms with Crippen molar-refractivity contribution in [3.8, 4) is 0 Å². The second-order valence-electron chi connectivity index (χ2n) is 15.7. The summed E-state index contributed by atoms with van der Waals surface area (Å²) in [6.07, 6.45) is 18.3. The van der Waals surface area contributed by atoms with Crippen molar-refractivity contribution in [2.45, 2.75) is 38.5 Å². The molecule has 10 heteroatoms. The van der Waals surface area contributed by atoms with Crippen molar-refractivity contribution < 1.29 is 102 Å². The molecule has 0 N–H and O–H groups in total. The van der Waals surface area contributed by atoms with Crippen LogP contribution >= 0.6 is 0 Å². The molecule has 2 aliphatic heterocycles. The Morgan fingerprint density at radius 1 is 0.656 bits per heavy atom. The van der Waals surface area contributed by atoms with Gasteiger partial charge in [0, 0.05) is 46.2 Å². The van der Waals surface area contributed by atoms with E-state index in [1.165, 1.54) is 72.4 Å². The van der Waals surface area contributed by atoms with Crippen molar-refractivity contribution >= 4 is 67.2 Å². The molecule has 0 saturated heterocycles. The summed E-state index contributed by atoms with van der Waals surface area (Å²) in [6.45, 7) is 10.1. The van der Waals surface area contributed by atoms with E-state index in [4.69, 9.17) is 0 Å². The van der Waals surface area contributed by atoms with Crippen LogP contribution < -0.4 is 54.5 Å². The van der Waals surface area contributed by atoms with Gasteiger partial charge in [-0.2, -0.15) is 35.0 Å². The third kappa shape index (κ3) is 14.7. The first kappa shape index (κ1) is 57.0. The molecule has 2 nitrogen and oxygen atoms in total. The van der Waals surface area contributed by atoms with E-state index in [1.54, 1.807) is 0 Å². The number of para-hydroxylation sites is 1. The van der Waals surface area contributed by atoms with Crippen molar-refractivity contribution in [3.05, 3.63) is 227 Å². The minimum Gasteiger partial charge on any atom is -1.00 e. The second-order valence-corrected chi connectivity index (χ2v) is 20.5. The van der Waals surface area contributed by atoms with Gasteiger partial charge in [0.15, 0.2) is 0 Å². The molecular weight excluding hydrogens is 1060 g/mol. The van der Waals surface area contributed by atoms with Crippen LogP contribution in [0, 0.1) is 0 Å². The number of anilines is 1. The van der Waals surface area contributed by atoms with Crippen LogP contribution in [0.3, 0.4) is 0 Å². The van der Waals surface area contributed by atoms with E-state index < -0.39 is 8.41 Å². The third-order valence-electron chi connectivity index (χ3n) is 10.8. The topological polar surface area (TPSA) is 15.6 Å². The van der Waals surface area contributed by atoms with E-state index in [0.717, 1.165) is 18.0 Å². The predicted octanol–water partition coefficient (Wildman–Crippen LogP) is 1.05. The third-order valence-corrected chi connectivity index (χ3v) is 13.5. The first-order chi connectivity index (χ1) is 28.4. The Morgan fingerprint density at radius 3 is 1.89 bits per heavy atom. The van der Waals surface area contributed by atoms with E-state index in [2.05, 4.69) is 236 Å². The number of fused-ring (bicyclic) bond motifs is 5. The Balaban J connectivity index is 0.000000320. The van der Waals surface area contributed by atoms with Gasteiger partial charge in [0.1, 0.15) is 0 Å². The Kier molecular flexibility index (Phi) is 24.5. The van der Waals surface area contributed by atoms with Crippen molar-refractivity contribution in [1.82, 2.24) is 0 Å². The minimum atomic E-state index is -0.544. The van der Waals surface area contributed by atoms with Crippen LogP contribution in [0.1, 0.15) is 24.0 Å². The number of rotatable bonds is 5. The van der Waals surface area contributed by atoms with Crippen LogP contribution in [0.4, 0.5) is 5.69 Å². The molecule has 0 spiro atoms. The van der Waals surface area contributed by atoms with Crippen LogP contribution in [-0.4, -0.2) is 40.4 Å². The summed E-state index contributed by atoms with van der Waals surface area (Å²) in [7, 11) is -0.853. The first-order valence-corrected chi connectivity index (χ1v) is 25.2. The van der Waals surface area contributed by atoms with Gasteiger partial charge in [-0.15, -0.1) is 59.3 Å². The monoisotopic (exact) mass is 1100 g/mol. The molecule has 318 valence electrons. The van der Waals surface area contributed by atoms with E-state index in [9.17, 15) is 0 Å². The van der Waals surface area contributed by atoms with Crippen molar-refractivity contribution in [1.29, 1.82) is 0 Å². The average Bonchev–Trinajstić information content (AvgIpc) is 4.09. The standard InChI is InChI=1S/C25H23NSi.C11H13NSi.2C9H7.4ClH.2Zr/c1-27(18-22-12-11-20-7-5-6-10-24(20)22)17-19-15-21-13-14-26(25(21)16-19)23-8-3-2-4-9-23;1-8-4-9-6-10(7-13(2)3)12-11(9)5-8;2*1-2-5-9-7-3-6-8(9)4-1;;;;;;/h2-13,15-17,22H,14,18H2,1H3;4-7H,1-3H3;2*1-7H;4*1H;;/q;;2*-1;;;;;2*+4/p-4. The zero-order valence-electron chi connectivity index (χ0n) is 36.5. The van der Waals surface area contributed by atoms with Gasteiger partial charge in [0.2, 0.25) is 0 Å². The Bertz CT molecular complexity index is 2670. The number of allylic oxidation sites excluding steroid dienone is 8. The number of hydrogen-bond acceptors (Lipinski definition) is 2. The van der Waals surface area contributed by atoms with Gasteiger partial charge in [0.05, 0.1) is 11.4 Å². The number of hydrogen-bond donors (Lipinski definition) is 0. The quantitative estimate of drug-likeness (QED) is 0.187. The fourth-order valence-electron chi connectivity index (χ4n) is 8.06. The zero-order valence-corrected chi connectivity index (χ0v) is 46.4. The van der Waals surface area contributed by atoms with Crippen LogP contribution in [-0.2, 0) is 52.4 Å². The van der Waals surface area contributed by atoms with Crippen LogP contribution in [0.25, 0.3) is 27.6 Å². The number of halogens is 4. The molecule has 3 aliphatic carbocycles. The molecule has 0 amide bonds. The summed E-state index contributed by atoms with van der Waals surface area (Å²) in [5, 5.41) is 5.32. The van der Waals surface area contributed by atoms with Gasteiger partial charge in [0.25, 0.3) is 0 Å². The molecule has 6 aromatic carbocycles. The molecule has 1 atom stereocenters. The first-order valence-electron chi connectivity index (χ1n) is 20.3. The van der Waals surface area contributed by atoms with Gasteiger partial charge in [-0.25, -0.2) is 4.99 Å². The Labute approximate surface area is 446 Å². The van der Waals surface area contributed by atoms with Crippen LogP contribution in [0.5, 0.6) is 0 Å². The van der Waals surface area contributed by atoms with Crippen molar-refractivity contribution in [3.63, 3.8) is 0 Å². The van der Waals surface area contributed by atoms with Gasteiger partial charge in [-0.1, -0.05) is 104 Å². The maximum absolute atomic E-state index is 4.54. The SMILES string of the molecule is CC1=CC2=CC(C=[Si](C)C)=NC2=C1.C[Si](=CC1=CC2=CCN(c3ccccc3)C2=C1)CC1C=Cc2ccccc21.[Cl-].[Cl-].[Cl-].[Cl-].[Zr+4].[Zr+4].c1ccc2[cH-]ccc2c1.c1ccc2[cH-]ccc2c1. The van der Waals surface area contributed by atoms with Gasteiger partial charge in [-0.3, -0.25) is 0 Å². The van der Waals surface area contributed by atoms with E-state index >= 15 is 0 Å². The molecule has 0 saturated carbocycles. The molecule has 0 bridgehead atoms. The second kappa shape index (κ2) is 27.5. The van der Waals surface area contributed by atoms with Crippen molar-refractivity contribution in [2.24, 2.45) is 4.99 Å². The fraction of sp³-hybridized carbons (Fsp3) is 0.130. The summed E-state index contributed by atoms with van der Waals surface area (Å²) >= 11 is 0. The Morgan fingerprint density at radius 2 is 1.27 bits per heavy atom. The van der Waals surface area contributed by atoms with E-state index in [0.29, 0.717) is 5.92 Å². The maximum atomic E-state index is 4.54. The molecule has 2 heterocycles. The van der Waals surface area contributed by atoms with Crippen LogP contribution in [0.2, 0.25) is 25.7 Å². The maximum Gasteiger partial charge on any atom is 4.00 e. The van der Waals surface area contributed by atoms with Gasteiger partial charge in [-0.05, 0) is 83.3 Å². The zero-order chi connectivity index (χ0) is 39.8. The average molecular weight is 1110 g/mol. The molecule has 0 fully saturated rings. The summed E-state index contributed by atoms with van der Waals surface area (Å²) in [5.41, 5.74) is 18.0. The number of aliphatic imine (C=N–C) groups is 1. The summed E-state index contributed by atoms with van der Waals surface area (Å²) in [6, 6.07) is 50.1. The molecular formula is C54H50Cl4N2Si2Zr2+2. The number of nitrogens with zero attached hydrogens (tertiary/aromatic N) is 2. The van der Waals surface area contributed by atoms with Gasteiger partial charge < -0.3 is 54.5 Å². The van der Waals surface area contributed by atoms with E-state index in [1.807, 2.05) is 0 Å². The molecule has 0 aromatic heterocycles. The normalized spacial score (nSPS) is 15.2. The number of benzene rings is 4. The molecule has 1 unspecified atom stereocenters. The smallest absolute Gasteiger partial charge is 1.00 e. The van der Waals surface area contributed by atoms with Crippen molar-refractivity contribution in [2.75, 3.05) is 11.4 Å². The minimum absolute atomic E-state index is 0. The van der Waals surface area contributed by atoms with E-state index in [-0.39, 0.29) is 110 Å². The Hall–Kier alpha value is -3.15. The predicted molar refractivity (Wildman–Crippen MR) is 259 cm³/mol. The van der Waals surface area contributed by atoms with Gasteiger partial charge >= 0.3 is 52.4 Å². The molecule has 6 aromatic rings. The van der Waals surface area contributed by atoms with Crippen LogP contribution in [0.15, 0.2) is 221 Å².